The van der Waals surface area contributed by atoms with Crippen molar-refractivity contribution >= 4 is 0 Å². The zero-order valence-electron chi connectivity index (χ0n) is 17.8. The summed E-state index contributed by atoms with van der Waals surface area (Å²) in [5, 5.41) is 10.7. The van der Waals surface area contributed by atoms with E-state index in [-0.39, 0.29) is 17.1 Å². The molecule has 148 valence electrons. The van der Waals surface area contributed by atoms with Crippen LogP contribution in [0.2, 0.25) is 0 Å². The van der Waals surface area contributed by atoms with Gasteiger partial charge in [0, 0.05) is 18.4 Å². The largest absolute Gasteiger partial charge is 0.465 e. The van der Waals surface area contributed by atoms with Gasteiger partial charge in [-0.2, -0.15) is 0 Å². The van der Waals surface area contributed by atoms with Crippen molar-refractivity contribution in [3.05, 3.63) is 24.0 Å². The van der Waals surface area contributed by atoms with E-state index in [1.165, 1.54) is 0 Å². The predicted octanol–water partition coefficient (Wildman–Crippen LogP) is 5.28. The molecule has 4 heteroatoms. The Morgan fingerprint density at radius 1 is 1.12 bits per heavy atom. The normalized spacial score (nSPS) is 18.4. The van der Waals surface area contributed by atoms with Gasteiger partial charge >= 0.3 is 0 Å². The predicted molar refractivity (Wildman–Crippen MR) is 104 cm³/mol. The van der Waals surface area contributed by atoms with Crippen LogP contribution in [0.5, 0.6) is 0 Å². The lowest BCUT2D eigenvalue weighted by Gasteiger charge is -2.44. The van der Waals surface area contributed by atoms with E-state index in [4.69, 9.17) is 14.2 Å². The summed E-state index contributed by atoms with van der Waals surface area (Å²) in [6.07, 6.45) is 6.28. The van der Waals surface area contributed by atoms with Crippen LogP contribution >= 0.6 is 0 Å². The first-order valence-corrected chi connectivity index (χ1v) is 9.39. The molecule has 0 amide bonds. The van der Waals surface area contributed by atoms with Crippen molar-refractivity contribution in [1.82, 2.24) is 0 Å². The molecular formula is C21H40O4. The van der Waals surface area contributed by atoms with Gasteiger partial charge in [0.2, 0.25) is 6.29 Å². The van der Waals surface area contributed by atoms with Crippen molar-refractivity contribution in [3.63, 3.8) is 0 Å². The standard InChI is InChI=1S/C21H40O4/c1-10-13-17(14-12-15-24-18(23-9)16(3)4)25-19(22)21(8,11-2)20(5,6)7/h12-14,16,18-19,22H,10-11,15H2,1-9H3. The summed E-state index contributed by atoms with van der Waals surface area (Å²) in [6, 6.07) is 0. The van der Waals surface area contributed by atoms with Crippen LogP contribution in [-0.2, 0) is 14.2 Å². The topological polar surface area (TPSA) is 47.9 Å². The zero-order chi connectivity index (χ0) is 19.7. The van der Waals surface area contributed by atoms with Crippen molar-refractivity contribution in [1.29, 1.82) is 0 Å². The molecule has 0 aliphatic heterocycles. The number of methoxy groups -OCH3 is 1. The first-order chi connectivity index (χ1) is 11.5. The van der Waals surface area contributed by atoms with E-state index >= 15 is 0 Å². The summed E-state index contributed by atoms with van der Waals surface area (Å²) in [5.74, 6) is 0.959. The third kappa shape index (κ3) is 7.51. The Morgan fingerprint density at radius 2 is 1.72 bits per heavy atom. The van der Waals surface area contributed by atoms with Crippen LogP contribution in [0, 0.1) is 16.7 Å². The number of ether oxygens (including phenoxy) is 3. The van der Waals surface area contributed by atoms with Crippen molar-refractivity contribution in [2.24, 2.45) is 16.7 Å². The zero-order valence-corrected chi connectivity index (χ0v) is 17.8. The number of aliphatic hydroxyl groups is 1. The SMILES string of the molecule is CCC=C(C=CCOC(OC)C(C)C)OC(O)C(C)(CC)C(C)(C)C. The molecule has 0 aromatic carbocycles. The molecule has 0 aromatic rings. The van der Waals surface area contributed by atoms with Crippen molar-refractivity contribution < 1.29 is 19.3 Å². The fourth-order valence-electron chi connectivity index (χ4n) is 2.54. The summed E-state index contributed by atoms with van der Waals surface area (Å²) in [7, 11) is 1.65. The maximum atomic E-state index is 10.7. The summed E-state index contributed by atoms with van der Waals surface area (Å²) in [6.45, 7) is 17.1. The highest BCUT2D eigenvalue weighted by Crippen LogP contribution is 2.44. The molecule has 0 radical (unpaired) electrons. The highest BCUT2D eigenvalue weighted by molar-refractivity contribution is 5.12. The molecule has 25 heavy (non-hydrogen) atoms. The van der Waals surface area contributed by atoms with E-state index in [2.05, 4.69) is 48.5 Å². The Hall–Kier alpha value is -0.840. The van der Waals surface area contributed by atoms with E-state index in [0.29, 0.717) is 18.3 Å². The van der Waals surface area contributed by atoms with Gasteiger partial charge in [-0.05, 0) is 30.4 Å². The minimum absolute atomic E-state index is 0.0751. The Bertz CT molecular complexity index is 420. The molecule has 0 fully saturated rings. The second kappa shape index (κ2) is 11.0. The van der Waals surface area contributed by atoms with Crippen LogP contribution < -0.4 is 0 Å². The van der Waals surface area contributed by atoms with Crippen LogP contribution in [0.4, 0.5) is 0 Å². The quantitative estimate of drug-likeness (QED) is 0.311. The summed E-state index contributed by atoms with van der Waals surface area (Å²) < 4.78 is 16.9. The highest BCUT2D eigenvalue weighted by atomic mass is 16.7. The molecule has 0 heterocycles. The van der Waals surface area contributed by atoms with Crippen molar-refractivity contribution in [2.45, 2.75) is 80.8 Å². The molecule has 0 saturated heterocycles. The molecule has 3 atom stereocenters. The number of hydrogen-bond acceptors (Lipinski definition) is 4. The average Bonchev–Trinajstić information content (AvgIpc) is 2.52. The maximum Gasteiger partial charge on any atom is 0.203 e. The van der Waals surface area contributed by atoms with Gasteiger partial charge in [-0.15, -0.1) is 0 Å². The first kappa shape index (κ1) is 24.2. The van der Waals surface area contributed by atoms with Gasteiger partial charge in [0.15, 0.2) is 6.29 Å². The smallest absolute Gasteiger partial charge is 0.203 e. The van der Waals surface area contributed by atoms with E-state index in [1.54, 1.807) is 7.11 Å². The van der Waals surface area contributed by atoms with Crippen molar-refractivity contribution in [3.8, 4) is 0 Å². The molecule has 0 aliphatic carbocycles. The van der Waals surface area contributed by atoms with E-state index in [1.807, 2.05) is 25.2 Å². The van der Waals surface area contributed by atoms with Gasteiger partial charge in [0.1, 0.15) is 5.76 Å². The minimum atomic E-state index is -0.872. The maximum absolute atomic E-state index is 10.7. The highest BCUT2D eigenvalue weighted by Gasteiger charge is 2.43. The van der Waals surface area contributed by atoms with Gasteiger partial charge in [0.25, 0.3) is 0 Å². The van der Waals surface area contributed by atoms with Gasteiger partial charge in [-0.3, -0.25) is 0 Å². The molecular weight excluding hydrogens is 316 g/mol. The van der Waals surface area contributed by atoms with Crippen LogP contribution in [0.1, 0.15) is 68.2 Å². The van der Waals surface area contributed by atoms with E-state index in [0.717, 1.165) is 12.8 Å². The number of aliphatic hydroxyl groups excluding tert-OH is 1. The minimum Gasteiger partial charge on any atom is -0.465 e. The number of rotatable bonds is 11. The monoisotopic (exact) mass is 356 g/mol. The molecule has 0 aromatic heterocycles. The Balaban J connectivity index is 4.92. The third-order valence-electron chi connectivity index (χ3n) is 5.06. The molecule has 0 rings (SSSR count). The molecule has 0 aliphatic rings. The average molecular weight is 357 g/mol. The molecule has 1 N–H and O–H groups in total. The lowest BCUT2D eigenvalue weighted by molar-refractivity contribution is -0.180. The molecule has 0 saturated carbocycles. The van der Waals surface area contributed by atoms with E-state index in [9.17, 15) is 5.11 Å². The lowest BCUT2D eigenvalue weighted by Crippen LogP contribution is -2.44. The summed E-state index contributed by atoms with van der Waals surface area (Å²) in [4.78, 5) is 0. The Labute approximate surface area is 155 Å². The van der Waals surface area contributed by atoms with Gasteiger partial charge in [0.05, 0.1) is 6.61 Å². The fourth-order valence-corrected chi connectivity index (χ4v) is 2.54. The summed E-state index contributed by atoms with van der Waals surface area (Å²) in [5.41, 5.74) is -0.419. The molecule has 0 bridgehead atoms. The van der Waals surface area contributed by atoms with Gasteiger partial charge in [-0.1, -0.05) is 61.5 Å². The molecule has 4 nitrogen and oxygen atoms in total. The van der Waals surface area contributed by atoms with Crippen LogP contribution in [0.25, 0.3) is 0 Å². The molecule has 0 spiro atoms. The number of allylic oxidation sites excluding steroid dienone is 2. The first-order valence-electron chi connectivity index (χ1n) is 9.39. The Morgan fingerprint density at radius 3 is 2.12 bits per heavy atom. The van der Waals surface area contributed by atoms with E-state index < -0.39 is 6.29 Å². The van der Waals surface area contributed by atoms with Crippen LogP contribution in [0.3, 0.4) is 0 Å². The second-order valence-electron chi connectivity index (χ2n) is 8.09. The van der Waals surface area contributed by atoms with Crippen molar-refractivity contribution in [2.75, 3.05) is 13.7 Å². The molecule has 3 unspecified atom stereocenters. The van der Waals surface area contributed by atoms with Crippen LogP contribution in [0.15, 0.2) is 24.0 Å². The van der Waals surface area contributed by atoms with Crippen LogP contribution in [-0.4, -0.2) is 31.4 Å². The number of hydrogen-bond donors (Lipinski definition) is 1. The summed E-state index contributed by atoms with van der Waals surface area (Å²) >= 11 is 0. The second-order valence-corrected chi connectivity index (χ2v) is 8.09. The fraction of sp³-hybridized carbons (Fsp3) is 0.810. The lowest BCUT2D eigenvalue weighted by atomic mass is 9.66. The third-order valence-corrected chi connectivity index (χ3v) is 5.06. The Kier molecular flexibility index (Phi) is 10.6. The van der Waals surface area contributed by atoms with Gasteiger partial charge < -0.3 is 19.3 Å². The van der Waals surface area contributed by atoms with Gasteiger partial charge in [-0.25, -0.2) is 0 Å².